The maximum Gasteiger partial charge on any atom is 0.343 e. The summed E-state index contributed by atoms with van der Waals surface area (Å²) in [6.07, 6.45) is 2.14. The summed E-state index contributed by atoms with van der Waals surface area (Å²) in [6.45, 7) is 2.07. The van der Waals surface area contributed by atoms with Gasteiger partial charge in [0, 0.05) is 11.9 Å². The van der Waals surface area contributed by atoms with E-state index in [1.54, 1.807) is 13.1 Å². The average molecular weight is 304 g/mol. The number of benzene rings is 1. The van der Waals surface area contributed by atoms with Crippen LogP contribution in [0.5, 0.6) is 0 Å². The SMILES string of the molecule is COC(=O)c1c(C)c(CCN)cn(-c2ccc(F)cc2)c1=O. The molecule has 0 fully saturated rings. The zero-order valence-electron chi connectivity index (χ0n) is 12.4. The lowest BCUT2D eigenvalue weighted by molar-refractivity contribution is 0.0597. The highest BCUT2D eigenvalue weighted by Gasteiger charge is 2.20. The van der Waals surface area contributed by atoms with E-state index < -0.39 is 17.3 Å². The second-order valence-electron chi connectivity index (χ2n) is 4.84. The number of pyridine rings is 1. The van der Waals surface area contributed by atoms with E-state index in [4.69, 9.17) is 10.5 Å². The second-order valence-corrected chi connectivity index (χ2v) is 4.84. The highest BCUT2D eigenvalue weighted by Crippen LogP contribution is 2.15. The van der Waals surface area contributed by atoms with Crippen LogP contribution >= 0.6 is 0 Å². The average Bonchev–Trinajstić information content (AvgIpc) is 2.51. The lowest BCUT2D eigenvalue weighted by Crippen LogP contribution is -2.28. The summed E-state index contributed by atoms with van der Waals surface area (Å²) in [7, 11) is 1.22. The molecule has 116 valence electrons. The van der Waals surface area contributed by atoms with Gasteiger partial charge in [-0.2, -0.15) is 0 Å². The molecule has 5 nitrogen and oxygen atoms in total. The van der Waals surface area contributed by atoms with Crippen LogP contribution < -0.4 is 11.3 Å². The topological polar surface area (TPSA) is 74.3 Å². The van der Waals surface area contributed by atoms with Crippen molar-refractivity contribution in [2.24, 2.45) is 5.73 Å². The molecule has 0 bridgehead atoms. The van der Waals surface area contributed by atoms with E-state index >= 15 is 0 Å². The highest BCUT2D eigenvalue weighted by molar-refractivity contribution is 5.91. The fraction of sp³-hybridized carbons (Fsp3) is 0.250. The molecular weight excluding hydrogens is 287 g/mol. The lowest BCUT2D eigenvalue weighted by Gasteiger charge is -2.14. The van der Waals surface area contributed by atoms with Crippen LogP contribution in [-0.4, -0.2) is 24.2 Å². The minimum atomic E-state index is -0.697. The van der Waals surface area contributed by atoms with Crippen molar-refractivity contribution in [3.63, 3.8) is 0 Å². The Morgan fingerprint density at radius 3 is 2.50 bits per heavy atom. The zero-order valence-corrected chi connectivity index (χ0v) is 12.4. The van der Waals surface area contributed by atoms with E-state index in [0.29, 0.717) is 24.2 Å². The number of carbonyl (C=O) groups excluding carboxylic acids is 1. The number of carbonyl (C=O) groups is 1. The van der Waals surface area contributed by atoms with Crippen molar-refractivity contribution < 1.29 is 13.9 Å². The molecule has 0 atom stereocenters. The number of nitrogens with two attached hydrogens (primary N) is 1. The molecule has 1 aromatic heterocycles. The van der Waals surface area contributed by atoms with Crippen molar-refractivity contribution in [3.05, 3.63) is 63.3 Å². The predicted molar refractivity (Wildman–Crippen MR) is 80.8 cm³/mol. The summed E-state index contributed by atoms with van der Waals surface area (Å²) in [6, 6.07) is 5.45. The summed E-state index contributed by atoms with van der Waals surface area (Å²) in [5, 5.41) is 0. The van der Waals surface area contributed by atoms with Crippen LogP contribution in [0.1, 0.15) is 21.5 Å². The molecule has 0 unspecified atom stereocenters. The van der Waals surface area contributed by atoms with Gasteiger partial charge in [0.25, 0.3) is 5.56 Å². The number of aromatic nitrogens is 1. The molecule has 0 radical (unpaired) electrons. The molecule has 0 aliphatic carbocycles. The Labute approximate surface area is 127 Å². The molecule has 2 aromatic rings. The second kappa shape index (κ2) is 6.53. The van der Waals surface area contributed by atoms with Gasteiger partial charge in [0.05, 0.1) is 7.11 Å². The van der Waals surface area contributed by atoms with Gasteiger partial charge in [0.15, 0.2) is 0 Å². The monoisotopic (exact) mass is 304 g/mol. The quantitative estimate of drug-likeness (QED) is 0.870. The summed E-state index contributed by atoms with van der Waals surface area (Å²) in [4.78, 5) is 24.5. The molecule has 22 heavy (non-hydrogen) atoms. The van der Waals surface area contributed by atoms with Crippen molar-refractivity contribution in [1.82, 2.24) is 4.57 Å². The van der Waals surface area contributed by atoms with Crippen molar-refractivity contribution in [2.75, 3.05) is 13.7 Å². The maximum atomic E-state index is 13.1. The van der Waals surface area contributed by atoms with Crippen LogP contribution in [0.2, 0.25) is 0 Å². The molecule has 0 saturated heterocycles. The fourth-order valence-electron chi connectivity index (χ4n) is 2.30. The summed E-state index contributed by atoms with van der Waals surface area (Å²) < 4.78 is 19.1. The molecule has 2 rings (SSSR count). The van der Waals surface area contributed by atoms with Crippen molar-refractivity contribution in [3.8, 4) is 5.69 Å². The third kappa shape index (κ3) is 2.92. The van der Waals surface area contributed by atoms with Gasteiger partial charge in [0.2, 0.25) is 0 Å². The molecule has 0 aliphatic heterocycles. The van der Waals surface area contributed by atoms with Crippen LogP contribution in [0.3, 0.4) is 0 Å². The molecule has 2 N–H and O–H groups in total. The largest absolute Gasteiger partial charge is 0.465 e. The van der Waals surface area contributed by atoms with Gasteiger partial charge < -0.3 is 10.5 Å². The van der Waals surface area contributed by atoms with Crippen molar-refractivity contribution in [2.45, 2.75) is 13.3 Å². The maximum absolute atomic E-state index is 13.1. The molecular formula is C16H17FN2O3. The smallest absolute Gasteiger partial charge is 0.343 e. The standard InChI is InChI=1S/C16H17FN2O3/c1-10-11(7-8-18)9-19(13-5-3-12(17)4-6-13)15(20)14(10)16(21)22-2/h3-6,9H,7-8,18H2,1-2H3. The molecule has 0 aliphatic rings. The third-order valence-electron chi connectivity index (χ3n) is 3.48. The van der Waals surface area contributed by atoms with Gasteiger partial charge in [-0.25, -0.2) is 9.18 Å². The van der Waals surface area contributed by atoms with Gasteiger partial charge in [-0.1, -0.05) is 0 Å². The number of halogens is 1. The first kappa shape index (κ1) is 15.9. The molecule has 6 heteroatoms. The van der Waals surface area contributed by atoms with Crippen molar-refractivity contribution >= 4 is 5.97 Å². The van der Waals surface area contributed by atoms with E-state index in [1.807, 2.05) is 0 Å². The van der Waals surface area contributed by atoms with Crippen LogP contribution in [0.15, 0.2) is 35.3 Å². The Balaban J connectivity index is 2.73. The van der Waals surface area contributed by atoms with E-state index in [9.17, 15) is 14.0 Å². The van der Waals surface area contributed by atoms with E-state index in [2.05, 4.69) is 0 Å². The minimum Gasteiger partial charge on any atom is -0.465 e. The third-order valence-corrected chi connectivity index (χ3v) is 3.48. The first-order chi connectivity index (χ1) is 10.5. The van der Waals surface area contributed by atoms with Gasteiger partial charge >= 0.3 is 5.97 Å². The molecule has 0 saturated carbocycles. The van der Waals surface area contributed by atoms with E-state index in [-0.39, 0.29) is 5.56 Å². The first-order valence-corrected chi connectivity index (χ1v) is 6.79. The number of hydrogen-bond donors (Lipinski definition) is 1. The highest BCUT2D eigenvalue weighted by atomic mass is 19.1. The van der Waals surface area contributed by atoms with Gasteiger partial charge in [-0.15, -0.1) is 0 Å². The molecule has 1 heterocycles. The Morgan fingerprint density at radius 2 is 1.95 bits per heavy atom. The summed E-state index contributed by atoms with van der Waals surface area (Å²) in [5.41, 5.74) is 6.84. The predicted octanol–water partition coefficient (Wildman–Crippen LogP) is 1.57. The first-order valence-electron chi connectivity index (χ1n) is 6.79. The van der Waals surface area contributed by atoms with Crippen LogP contribution in [0, 0.1) is 12.7 Å². The normalized spacial score (nSPS) is 10.5. The Morgan fingerprint density at radius 1 is 1.32 bits per heavy atom. The molecule has 0 spiro atoms. The molecule has 0 amide bonds. The van der Waals surface area contributed by atoms with Gasteiger partial charge in [0.1, 0.15) is 11.4 Å². The number of rotatable bonds is 4. The number of nitrogens with zero attached hydrogens (tertiary/aromatic N) is 1. The number of esters is 1. The van der Waals surface area contributed by atoms with Crippen molar-refractivity contribution in [1.29, 1.82) is 0 Å². The number of hydrogen-bond acceptors (Lipinski definition) is 4. The molecule has 1 aromatic carbocycles. The number of ether oxygens (including phenoxy) is 1. The number of methoxy groups -OCH3 is 1. The Bertz CT molecular complexity index is 751. The van der Waals surface area contributed by atoms with Gasteiger partial charge in [-0.05, 0) is 55.3 Å². The minimum absolute atomic E-state index is 0.0298. The van der Waals surface area contributed by atoms with Crippen LogP contribution in [0.25, 0.3) is 5.69 Å². The zero-order chi connectivity index (χ0) is 16.3. The van der Waals surface area contributed by atoms with E-state index in [1.165, 1.54) is 35.9 Å². The fourth-order valence-corrected chi connectivity index (χ4v) is 2.30. The Kier molecular flexibility index (Phi) is 4.72. The summed E-state index contributed by atoms with van der Waals surface area (Å²) >= 11 is 0. The van der Waals surface area contributed by atoms with Gasteiger partial charge in [-0.3, -0.25) is 9.36 Å². The lowest BCUT2D eigenvalue weighted by atomic mass is 10.0. The summed E-state index contributed by atoms with van der Waals surface area (Å²) in [5.74, 6) is -1.10. The Hall–Kier alpha value is -2.47. The van der Waals surface area contributed by atoms with E-state index in [0.717, 1.165) is 5.56 Å². The van der Waals surface area contributed by atoms with Crippen LogP contribution in [-0.2, 0) is 11.2 Å². The van der Waals surface area contributed by atoms with Crippen LogP contribution in [0.4, 0.5) is 4.39 Å².